The van der Waals surface area contributed by atoms with Gasteiger partial charge in [-0.15, -0.1) is 24.5 Å². The number of aryl methyl sites for hydroxylation is 2. The third-order valence-corrected chi connectivity index (χ3v) is 4.74. The molecule has 0 bridgehead atoms. The molecule has 0 saturated carbocycles. The van der Waals surface area contributed by atoms with Crippen LogP contribution in [-0.2, 0) is 26.2 Å². The Bertz CT molecular complexity index is 606. The second kappa shape index (κ2) is 19.5. The Morgan fingerprint density at radius 2 is 0.966 bits per heavy atom. The van der Waals surface area contributed by atoms with Crippen molar-refractivity contribution in [2.45, 2.75) is 67.2 Å². The molecule has 0 aliphatic heterocycles. The van der Waals surface area contributed by atoms with Gasteiger partial charge in [0.1, 0.15) is 0 Å². The average Bonchev–Trinajstić information content (AvgIpc) is 2.63. The van der Waals surface area contributed by atoms with Gasteiger partial charge < -0.3 is 35.4 Å². The minimum atomic E-state index is 0. The van der Waals surface area contributed by atoms with Crippen LogP contribution in [0.15, 0.2) is 36.4 Å². The van der Waals surface area contributed by atoms with Crippen LogP contribution in [-0.4, -0.2) is 13.1 Å². The standard InChI is InChI=1S/2C12H18N.2ClH.Zr/c2*1-4-5-9-13-12-8-6-7-10(2)11(12)3;;;/h2*6-8H,4-5,9H2,1-3H3;2*1H;/q2*-1;;;+4/p-2. The minimum Gasteiger partial charge on any atom is -1.00 e. The number of unbranched alkanes of at least 4 members (excludes halogenated alkanes) is 2. The number of benzene rings is 2. The Morgan fingerprint density at radius 1 is 0.621 bits per heavy atom. The monoisotopic (exact) mass is 512 g/mol. The number of hydrogen-bond donors (Lipinski definition) is 0. The van der Waals surface area contributed by atoms with E-state index in [-0.39, 0.29) is 51.0 Å². The van der Waals surface area contributed by atoms with Crippen molar-refractivity contribution < 1.29 is 51.0 Å². The molecule has 0 aliphatic rings. The van der Waals surface area contributed by atoms with E-state index in [1.165, 1.54) is 47.9 Å². The third-order valence-electron chi connectivity index (χ3n) is 4.74. The van der Waals surface area contributed by atoms with Gasteiger partial charge in [0, 0.05) is 0 Å². The summed E-state index contributed by atoms with van der Waals surface area (Å²) in [6.07, 6.45) is 4.81. The van der Waals surface area contributed by atoms with E-state index in [1.54, 1.807) is 0 Å². The van der Waals surface area contributed by atoms with Gasteiger partial charge in [-0.2, -0.15) is 0 Å². The molecule has 0 amide bonds. The zero-order chi connectivity index (χ0) is 19.4. The van der Waals surface area contributed by atoms with Crippen LogP contribution in [0.5, 0.6) is 0 Å². The van der Waals surface area contributed by atoms with Crippen molar-refractivity contribution in [3.05, 3.63) is 69.3 Å². The molecule has 2 aromatic carbocycles. The first kappa shape index (κ1) is 33.1. The summed E-state index contributed by atoms with van der Waals surface area (Å²) in [4.78, 5) is 0. The zero-order valence-electron chi connectivity index (χ0n) is 18.9. The minimum absolute atomic E-state index is 0. The number of nitrogens with zero attached hydrogens (tertiary/aromatic N) is 2. The summed E-state index contributed by atoms with van der Waals surface area (Å²) in [5.74, 6) is 0. The topological polar surface area (TPSA) is 28.2 Å². The van der Waals surface area contributed by atoms with Gasteiger partial charge in [-0.25, -0.2) is 0 Å². The first-order valence-corrected chi connectivity index (χ1v) is 9.98. The fraction of sp³-hybridized carbons (Fsp3) is 0.500. The molecule has 0 fully saturated rings. The van der Waals surface area contributed by atoms with Gasteiger partial charge in [0.15, 0.2) is 0 Å². The molecule has 0 radical (unpaired) electrons. The molecule has 0 saturated heterocycles. The van der Waals surface area contributed by atoms with Crippen LogP contribution in [0, 0.1) is 27.7 Å². The average molecular weight is 515 g/mol. The van der Waals surface area contributed by atoms with Crippen molar-refractivity contribution >= 4 is 11.4 Å². The number of rotatable bonds is 8. The zero-order valence-corrected chi connectivity index (χ0v) is 22.8. The van der Waals surface area contributed by atoms with Gasteiger partial charge in [0.2, 0.25) is 0 Å². The molecule has 2 rings (SSSR count). The van der Waals surface area contributed by atoms with Crippen molar-refractivity contribution in [3.63, 3.8) is 0 Å². The summed E-state index contributed by atoms with van der Waals surface area (Å²) in [5, 5.41) is 9.11. The summed E-state index contributed by atoms with van der Waals surface area (Å²) >= 11 is 0. The predicted octanol–water partition coefficient (Wildman–Crippen LogP) is 2.22. The summed E-state index contributed by atoms with van der Waals surface area (Å²) in [6.45, 7) is 14.8. The van der Waals surface area contributed by atoms with Gasteiger partial charge in [0.25, 0.3) is 0 Å². The quantitative estimate of drug-likeness (QED) is 0.484. The second-order valence-electron chi connectivity index (χ2n) is 6.91. The van der Waals surface area contributed by atoms with E-state index >= 15 is 0 Å². The summed E-state index contributed by atoms with van der Waals surface area (Å²) < 4.78 is 0. The maximum absolute atomic E-state index is 4.56. The van der Waals surface area contributed by atoms with Gasteiger partial charge >= 0.3 is 26.2 Å². The van der Waals surface area contributed by atoms with Gasteiger partial charge in [-0.3, -0.25) is 0 Å². The molecule has 0 atom stereocenters. The second-order valence-corrected chi connectivity index (χ2v) is 6.91. The molecule has 0 spiro atoms. The van der Waals surface area contributed by atoms with Gasteiger partial charge in [-0.05, 0) is 38.8 Å². The van der Waals surface area contributed by atoms with Crippen LogP contribution in [0.1, 0.15) is 61.8 Å². The van der Waals surface area contributed by atoms with Crippen molar-refractivity contribution in [1.82, 2.24) is 0 Å². The molecule has 0 unspecified atom stereocenters. The summed E-state index contributed by atoms with van der Waals surface area (Å²) in [5.41, 5.74) is 7.62. The van der Waals surface area contributed by atoms with Crippen LogP contribution >= 0.6 is 0 Å². The first-order chi connectivity index (χ1) is 12.5. The van der Waals surface area contributed by atoms with E-state index in [2.05, 4.69) is 88.6 Å². The van der Waals surface area contributed by atoms with E-state index in [0.29, 0.717) is 0 Å². The molecule has 160 valence electrons. The van der Waals surface area contributed by atoms with Crippen LogP contribution in [0.4, 0.5) is 11.4 Å². The van der Waals surface area contributed by atoms with Crippen molar-refractivity contribution in [1.29, 1.82) is 0 Å². The van der Waals surface area contributed by atoms with Crippen molar-refractivity contribution in [2.75, 3.05) is 13.1 Å². The summed E-state index contributed by atoms with van der Waals surface area (Å²) in [6, 6.07) is 12.6. The van der Waals surface area contributed by atoms with Gasteiger partial charge in [-0.1, -0.05) is 87.1 Å². The number of halogens is 2. The van der Waals surface area contributed by atoms with E-state index in [9.17, 15) is 0 Å². The Morgan fingerprint density at radius 3 is 1.28 bits per heavy atom. The molecule has 0 N–H and O–H groups in total. The van der Waals surface area contributed by atoms with E-state index in [0.717, 1.165) is 24.5 Å². The Hall–Kier alpha value is -0.497. The molecule has 29 heavy (non-hydrogen) atoms. The van der Waals surface area contributed by atoms with Crippen molar-refractivity contribution in [3.8, 4) is 0 Å². The fourth-order valence-corrected chi connectivity index (χ4v) is 2.53. The van der Waals surface area contributed by atoms with Crippen LogP contribution < -0.4 is 24.8 Å². The molecule has 2 nitrogen and oxygen atoms in total. The maximum atomic E-state index is 4.56. The molecule has 0 aromatic heterocycles. The third kappa shape index (κ3) is 12.7. The van der Waals surface area contributed by atoms with E-state index in [4.69, 9.17) is 0 Å². The van der Waals surface area contributed by atoms with E-state index < -0.39 is 0 Å². The molecule has 2 aromatic rings. The Balaban J connectivity index is -0.000000422. The van der Waals surface area contributed by atoms with Crippen LogP contribution in [0.2, 0.25) is 0 Å². The summed E-state index contributed by atoms with van der Waals surface area (Å²) in [7, 11) is 0. The Kier molecular flexibility index (Phi) is 22.3. The molecule has 5 heteroatoms. The van der Waals surface area contributed by atoms with Crippen molar-refractivity contribution in [2.24, 2.45) is 0 Å². The van der Waals surface area contributed by atoms with Crippen LogP contribution in [0.25, 0.3) is 10.6 Å². The maximum Gasteiger partial charge on any atom is 4.00 e. The Labute approximate surface area is 211 Å². The first-order valence-electron chi connectivity index (χ1n) is 9.98. The smallest absolute Gasteiger partial charge is 1.00 e. The normalized spacial score (nSPS) is 9.03. The molecule has 0 heterocycles. The molecular formula is C24H36Cl2N2Zr. The van der Waals surface area contributed by atoms with E-state index in [1.807, 2.05) is 0 Å². The fourth-order valence-electron chi connectivity index (χ4n) is 2.53. The van der Waals surface area contributed by atoms with Gasteiger partial charge in [0.05, 0.1) is 0 Å². The molecular weight excluding hydrogens is 478 g/mol. The van der Waals surface area contributed by atoms with Crippen LogP contribution in [0.3, 0.4) is 0 Å². The predicted molar refractivity (Wildman–Crippen MR) is 117 cm³/mol. The largest absolute Gasteiger partial charge is 4.00 e. The molecule has 0 aliphatic carbocycles. The number of hydrogen-bond acceptors (Lipinski definition) is 0. The SMILES string of the molecule is CCCC[N-]c1cccc(C)c1C.CCCC[N-]c1cccc(C)c1C.[Cl-].[Cl-].[Zr+4].